The van der Waals surface area contributed by atoms with Crippen LogP contribution in [0.15, 0.2) is 47.2 Å². The summed E-state index contributed by atoms with van der Waals surface area (Å²) in [5.41, 5.74) is 5.42. The molecule has 0 spiro atoms. The van der Waals surface area contributed by atoms with Crippen molar-refractivity contribution < 1.29 is 0 Å². The predicted molar refractivity (Wildman–Crippen MR) is 93.8 cm³/mol. The van der Waals surface area contributed by atoms with Gasteiger partial charge in [0.25, 0.3) is 0 Å². The van der Waals surface area contributed by atoms with Crippen molar-refractivity contribution in [2.45, 2.75) is 52.9 Å². The molecule has 1 heteroatoms. The molecule has 1 unspecified atom stereocenters. The number of allylic oxidation sites excluding steroid dienone is 7. The van der Waals surface area contributed by atoms with Crippen LogP contribution in [0.4, 0.5) is 0 Å². The largest absolute Gasteiger partial charge is 0.387 e. The summed E-state index contributed by atoms with van der Waals surface area (Å²) in [6, 6.07) is 0. The molecule has 0 aromatic rings. The van der Waals surface area contributed by atoms with Crippen LogP contribution < -0.4 is 5.32 Å². The van der Waals surface area contributed by atoms with Gasteiger partial charge in [-0.25, -0.2) is 0 Å². The van der Waals surface area contributed by atoms with Gasteiger partial charge >= 0.3 is 0 Å². The second-order valence-corrected chi connectivity index (χ2v) is 5.85. The number of hydrogen-bond acceptors (Lipinski definition) is 1. The molecule has 0 aromatic carbocycles. The van der Waals surface area contributed by atoms with Gasteiger partial charge in [-0.1, -0.05) is 43.7 Å². The van der Waals surface area contributed by atoms with Gasteiger partial charge in [-0.2, -0.15) is 0 Å². The highest BCUT2D eigenvalue weighted by Crippen LogP contribution is 2.25. The molecule has 21 heavy (non-hydrogen) atoms. The van der Waals surface area contributed by atoms with Crippen molar-refractivity contribution in [2.24, 2.45) is 5.92 Å². The number of rotatable bonds is 8. The molecule has 1 N–H and O–H groups in total. The molecule has 1 aliphatic rings. The lowest BCUT2D eigenvalue weighted by Gasteiger charge is -2.17. The van der Waals surface area contributed by atoms with E-state index in [4.69, 9.17) is 6.42 Å². The van der Waals surface area contributed by atoms with E-state index in [1.165, 1.54) is 28.8 Å². The Balaban J connectivity index is 2.60. The zero-order valence-electron chi connectivity index (χ0n) is 13.8. The molecule has 0 saturated carbocycles. The molecule has 0 radical (unpaired) electrons. The predicted octanol–water partition coefficient (Wildman–Crippen LogP) is 5.14. The summed E-state index contributed by atoms with van der Waals surface area (Å²) >= 11 is 0. The quantitative estimate of drug-likeness (QED) is 0.369. The van der Waals surface area contributed by atoms with Gasteiger partial charge in [-0.05, 0) is 50.2 Å². The highest BCUT2D eigenvalue weighted by atomic mass is 14.9. The second kappa shape index (κ2) is 9.29. The second-order valence-electron chi connectivity index (χ2n) is 5.85. The van der Waals surface area contributed by atoms with Crippen molar-refractivity contribution in [1.82, 2.24) is 5.32 Å². The van der Waals surface area contributed by atoms with Crippen molar-refractivity contribution in [3.8, 4) is 12.3 Å². The number of terminal acetylenes is 1. The maximum absolute atomic E-state index is 5.26. The lowest BCUT2D eigenvalue weighted by molar-refractivity contribution is 0.658. The van der Waals surface area contributed by atoms with Crippen LogP contribution in [0, 0.1) is 18.3 Å². The van der Waals surface area contributed by atoms with Crippen molar-refractivity contribution in [2.75, 3.05) is 6.54 Å². The van der Waals surface area contributed by atoms with E-state index in [2.05, 4.69) is 56.8 Å². The minimum atomic E-state index is 0.600. The molecule has 0 amide bonds. The first kappa shape index (κ1) is 17.4. The molecule has 0 heterocycles. The molecule has 1 aliphatic carbocycles. The Morgan fingerprint density at radius 3 is 2.76 bits per heavy atom. The van der Waals surface area contributed by atoms with E-state index in [9.17, 15) is 0 Å². The molecule has 114 valence electrons. The molecule has 1 nitrogen and oxygen atoms in total. The smallest absolute Gasteiger partial charge is 0.0260 e. The molecule has 0 aromatic heterocycles. The van der Waals surface area contributed by atoms with Crippen molar-refractivity contribution in [3.05, 3.63) is 47.2 Å². The summed E-state index contributed by atoms with van der Waals surface area (Å²) in [6.45, 7) is 11.6. The van der Waals surface area contributed by atoms with Crippen LogP contribution >= 0.6 is 0 Å². The topological polar surface area (TPSA) is 12.0 Å². The molecule has 0 bridgehead atoms. The molecular weight excluding hydrogens is 254 g/mol. The third kappa shape index (κ3) is 6.08. The van der Waals surface area contributed by atoms with Gasteiger partial charge in [0.2, 0.25) is 0 Å². The fourth-order valence-electron chi connectivity index (χ4n) is 2.55. The Bertz CT molecular complexity index is 482. The first-order valence-corrected chi connectivity index (χ1v) is 8.00. The Kier molecular flexibility index (Phi) is 7.69. The fraction of sp³-hybridized carbons (Fsp3) is 0.500. The molecular formula is C20H29N. The molecule has 0 aliphatic heterocycles. The molecule has 0 saturated heterocycles. The van der Waals surface area contributed by atoms with Crippen LogP contribution in [-0.2, 0) is 0 Å². The van der Waals surface area contributed by atoms with Gasteiger partial charge in [0, 0.05) is 18.7 Å². The van der Waals surface area contributed by atoms with Gasteiger partial charge in [0.1, 0.15) is 0 Å². The molecule has 1 rings (SSSR count). The van der Waals surface area contributed by atoms with Gasteiger partial charge in [-0.15, -0.1) is 12.3 Å². The first-order valence-electron chi connectivity index (χ1n) is 8.00. The highest BCUT2D eigenvalue weighted by molar-refractivity contribution is 5.31. The third-order valence-electron chi connectivity index (χ3n) is 4.08. The Labute approximate surface area is 130 Å². The summed E-state index contributed by atoms with van der Waals surface area (Å²) in [6.07, 6.45) is 17.3. The average molecular weight is 283 g/mol. The summed E-state index contributed by atoms with van der Waals surface area (Å²) in [7, 11) is 0. The zero-order chi connectivity index (χ0) is 15.7. The lowest BCUT2D eigenvalue weighted by Crippen LogP contribution is -2.15. The standard InChI is InChI=1S/C20H29N/c1-6-8-15-21-19-12-9-18(10-13-19)11-14-20(16(3)4)17(5)7-2/h1,9,12,14,17,21H,3,7-8,10-11,13,15H2,2,4-5H3/b20-14+. The van der Waals surface area contributed by atoms with E-state index in [0.29, 0.717) is 5.92 Å². The van der Waals surface area contributed by atoms with Gasteiger partial charge in [0.15, 0.2) is 0 Å². The van der Waals surface area contributed by atoms with Crippen molar-refractivity contribution in [3.63, 3.8) is 0 Å². The maximum Gasteiger partial charge on any atom is 0.0260 e. The van der Waals surface area contributed by atoms with Crippen molar-refractivity contribution in [1.29, 1.82) is 0 Å². The van der Waals surface area contributed by atoms with E-state index in [1.807, 2.05) is 0 Å². The van der Waals surface area contributed by atoms with Crippen LogP contribution in [0.2, 0.25) is 0 Å². The van der Waals surface area contributed by atoms with Crippen LogP contribution in [0.5, 0.6) is 0 Å². The van der Waals surface area contributed by atoms with E-state index < -0.39 is 0 Å². The highest BCUT2D eigenvalue weighted by Gasteiger charge is 2.09. The van der Waals surface area contributed by atoms with E-state index in [-0.39, 0.29) is 0 Å². The summed E-state index contributed by atoms with van der Waals surface area (Å²) in [5.74, 6) is 3.25. The number of nitrogens with one attached hydrogen (secondary N) is 1. The Morgan fingerprint density at radius 2 is 2.24 bits per heavy atom. The van der Waals surface area contributed by atoms with E-state index >= 15 is 0 Å². The SMILES string of the molecule is C#CCCNC1=CC=C(C/C=C(\C(=C)C)C(C)CC)CC1. The lowest BCUT2D eigenvalue weighted by atomic mass is 9.90. The summed E-state index contributed by atoms with van der Waals surface area (Å²) < 4.78 is 0. The average Bonchev–Trinajstić information content (AvgIpc) is 2.48. The van der Waals surface area contributed by atoms with Crippen LogP contribution in [0.3, 0.4) is 0 Å². The minimum absolute atomic E-state index is 0.600. The summed E-state index contributed by atoms with van der Waals surface area (Å²) in [5, 5.41) is 3.40. The van der Waals surface area contributed by atoms with Gasteiger partial charge < -0.3 is 5.32 Å². The van der Waals surface area contributed by atoms with Gasteiger partial charge in [0.05, 0.1) is 0 Å². The van der Waals surface area contributed by atoms with Gasteiger partial charge in [-0.3, -0.25) is 0 Å². The minimum Gasteiger partial charge on any atom is -0.387 e. The van der Waals surface area contributed by atoms with Crippen molar-refractivity contribution >= 4 is 0 Å². The monoisotopic (exact) mass is 283 g/mol. The normalized spacial score (nSPS) is 16.6. The van der Waals surface area contributed by atoms with Crippen LogP contribution in [0.1, 0.15) is 52.9 Å². The third-order valence-corrected chi connectivity index (χ3v) is 4.08. The molecule has 1 atom stereocenters. The fourth-order valence-corrected chi connectivity index (χ4v) is 2.55. The van der Waals surface area contributed by atoms with E-state index in [1.54, 1.807) is 0 Å². The van der Waals surface area contributed by atoms with Crippen LogP contribution in [0.25, 0.3) is 0 Å². The number of hydrogen-bond donors (Lipinski definition) is 1. The maximum atomic E-state index is 5.26. The first-order chi connectivity index (χ1) is 10.1. The van der Waals surface area contributed by atoms with E-state index in [0.717, 1.165) is 32.2 Å². The Hall–Kier alpha value is -1.68. The Morgan fingerprint density at radius 1 is 1.48 bits per heavy atom. The zero-order valence-corrected chi connectivity index (χ0v) is 13.8. The summed E-state index contributed by atoms with van der Waals surface area (Å²) in [4.78, 5) is 0. The molecule has 0 fully saturated rings. The van der Waals surface area contributed by atoms with Crippen LogP contribution in [-0.4, -0.2) is 6.54 Å².